The maximum atomic E-state index is 11.6. The topological polar surface area (TPSA) is 32.3 Å². The van der Waals surface area contributed by atoms with Crippen LogP contribution in [0.1, 0.15) is 4.88 Å². The number of rotatable bonds is 1. The highest BCUT2D eigenvalue weighted by Crippen LogP contribution is 2.22. The fourth-order valence-corrected chi connectivity index (χ4v) is 2.74. The minimum Gasteiger partial charge on any atom is -0.328 e. The van der Waals surface area contributed by atoms with Gasteiger partial charge in [0.25, 0.3) is 5.91 Å². The smallest absolute Gasteiger partial charge is 0.276 e. The normalized spacial score (nSPS) is 18.8. The first-order chi connectivity index (χ1) is 7.08. The summed E-state index contributed by atoms with van der Waals surface area (Å²) in [5.74, 6) is -0.0930. The molecular formula is C9H7BrN2OS2. The van der Waals surface area contributed by atoms with E-state index >= 15 is 0 Å². The molecule has 1 saturated heterocycles. The maximum Gasteiger partial charge on any atom is 0.276 e. The molecule has 0 aromatic carbocycles. The molecule has 6 heteroatoms. The summed E-state index contributed by atoms with van der Waals surface area (Å²) in [6, 6.07) is 1.95. The first-order valence-electron chi connectivity index (χ1n) is 4.12. The summed E-state index contributed by atoms with van der Waals surface area (Å²) in [6.45, 7) is 0. The lowest BCUT2D eigenvalue weighted by atomic mass is 10.3. The van der Waals surface area contributed by atoms with E-state index in [4.69, 9.17) is 12.2 Å². The Kier molecular flexibility index (Phi) is 2.90. The van der Waals surface area contributed by atoms with Gasteiger partial charge in [-0.25, -0.2) is 0 Å². The summed E-state index contributed by atoms with van der Waals surface area (Å²) < 4.78 is 1.01. The standard InChI is InChI=1S/C9H7BrN2OS2/c1-12-8(13)7(11-9(12)14)3-6-2-5(10)4-15-6/h2-4H,1H3,(H,11,14)/b7-3+. The van der Waals surface area contributed by atoms with E-state index in [9.17, 15) is 4.79 Å². The summed E-state index contributed by atoms with van der Waals surface area (Å²) in [5.41, 5.74) is 0.525. The second-order valence-electron chi connectivity index (χ2n) is 3.02. The molecule has 1 aliphatic rings. The predicted octanol–water partition coefficient (Wildman–Crippen LogP) is 2.20. The summed E-state index contributed by atoms with van der Waals surface area (Å²) in [5, 5.41) is 5.28. The third kappa shape index (κ3) is 2.11. The summed E-state index contributed by atoms with van der Waals surface area (Å²) >= 11 is 9.89. The Hall–Kier alpha value is -0.720. The number of amides is 1. The van der Waals surface area contributed by atoms with Gasteiger partial charge in [-0.05, 0) is 40.3 Å². The van der Waals surface area contributed by atoms with Crippen molar-refractivity contribution in [2.24, 2.45) is 0 Å². The molecule has 1 aromatic rings. The number of halogens is 1. The summed E-state index contributed by atoms with van der Waals surface area (Å²) in [6.07, 6.45) is 1.80. The Morgan fingerprint density at radius 1 is 1.67 bits per heavy atom. The van der Waals surface area contributed by atoms with Gasteiger partial charge in [0, 0.05) is 21.8 Å². The molecule has 0 bridgehead atoms. The molecule has 15 heavy (non-hydrogen) atoms. The average Bonchev–Trinajstić information content (AvgIpc) is 2.68. The predicted molar refractivity (Wildman–Crippen MR) is 68.5 cm³/mol. The van der Waals surface area contributed by atoms with Crippen molar-refractivity contribution < 1.29 is 4.79 Å². The van der Waals surface area contributed by atoms with Crippen LogP contribution in [0.2, 0.25) is 0 Å². The number of nitrogens with zero attached hydrogens (tertiary/aromatic N) is 1. The Balaban J connectivity index is 2.29. The van der Waals surface area contributed by atoms with Gasteiger partial charge in [0.05, 0.1) is 0 Å². The highest BCUT2D eigenvalue weighted by molar-refractivity contribution is 9.10. The Morgan fingerprint density at radius 3 is 2.87 bits per heavy atom. The fourth-order valence-electron chi connectivity index (χ4n) is 1.17. The Labute approximate surface area is 105 Å². The minimum atomic E-state index is -0.0930. The highest BCUT2D eigenvalue weighted by Gasteiger charge is 2.26. The van der Waals surface area contributed by atoms with Crippen LogP contribution in [0.5, 0.6) is 0 Å². The van der Waals surface area contributed by atoms with Crippen LogP contribution in [-0.2, 0) is 4.79 Å². The first-order valence-corrected chi connectivity index (χ1v) is 6.21. The van der Waals surface area contributed by atoms with Gasteiger partial charge in [-0.1, -0.05) is 0 Å². The van der Waals surface area contributed by atoms with Crippen molar-refractivity contribution in [1.82, 2.24) is 10.2 Å². The van der Waals surface area contributed by atoms with Crippen LogP contribution < -0.4 is 5.32 Å². The van der Waals surface area contributed by atoms with Crippen molar-refractivity contribution in [3.63, 3.8) is 0 Å². The number of likely N-dealkylation sites (N-methyl/N-ethyl adjacent to an activating group) is 1. The third-order valence-electron chi connectivity index (χ3n) is 1.96. The van der Waals surface area contributed by atoms with Crippen LogP contribution in [0.4, 0.5) is 0 Å². The molecule has 0 spiro atoms. The number of thiophene rings is 1. The lowest BCUT2D eigenvalue weighted by molar-refractivity contribution is -0.121. The van der Waals surface area contributed by atoms with E-state index in [2.05, 4.69) is 21.2 Å². The number of hydrogen-bond acceptors (Lipinski definition) is 3. The molecule has 1 N–H and O–H groups in total. The lowest BCUT2D eigenvalue weighted by Gasteiger charge is -2.02. The van der Waals surface area contributed by atoms with E-state index in [1.165, 1.54) is 4.90 Å². The van der Waals surface area contributed by atoms with Crippen LogP contribution in [-0.4, -0.2) is 23.0 Å². The second kappa shape index (κ2) is 4.03. The van der Waals surface area contributed by atoms with Crippen molar-refractivity contribution in [3.8, 4) is 0 Å². The highest BCUT2D eigenvalue weighted by atomic mass is 79.9. The van der Waals surface area contributed by atoms with E-state index in [0.29, 0.717) is 10.8 Å². The lowest BCUT2D eigenvalue weighted by Crippen LogP contribution is -2.25. The van der Waals surface area contributed by atoms with E-state index in [-0.39, 0.29) is 5.91 Å². The van der Waals surface area contributed by atoms with Gasteiger partial charge in [-0.2, -0.15) is 0 Å². The van der Waals surface area contributed by atoms with Crippen molar-refractivity contribution >= 4 is 56.6 Å². The number of thiocarbonyl (C=S) groups is 1. The van der Waals surface area contributed by atoms with Gasteiger partial charge >= 0.3 is 0 Å². The molecule has 1 aromatic heterocycles. The monoisotopic (exact) mass is 302 g/mol. The molecular weight excluding hydrogens is 296 g/mol. The van der Waals surface area contributed by atoms with Crippen molar-refractivity contribution in [2.75, 3.05) is 7.05 Å². The molecule has 0 saturated carbocycles. The Bertz CT molecular complexity index is 466. The van der Waals surface area contributed by atoms with Gasteiger partial charge in [0.1, 0.15) is 5.70 Å². The zero-order valence-electron chi connectivity index (χ0n) is 7.78. The second-order valence-corrected chi connectivity index (χ2v) is 5.26. The quantitative estimate of drug-likeness (QED) is 0.638. The average molecular weight is 303 g/mol. The SMILES string of the molecule is CN1C(=O)/C(=C\c2cc(Br)cs2)NC1=S. The maximum absolute atomic E-state index is 11.6. The molecule has 0 unspecified atom stereocenters. The number of nitrogens with one attached hydrogen (secondary N) is 1. The van der Waals surface area contributed by atoms with Gasteiger partial charge in [-0.15, -0.1) is 11.3 Å². The molecule has 1 amide bonds. The van der Waals surface area contributed by atoms with Crippen LogP contribution >= 0.6 is 39.5 Å². The summed E-state index contributed by atoms with van der Waals surface area (Å²) in [4.78, 5) is 14.1. The van der Waals surface area contributed by atoms with Gasteiger partial charge in [0.15, 0.2) is 5.11 Å². The Morgan fingerprint density at radius 2 is 2.40 bits per heavy atom. The van der Waals surface area contributed by atoms with Crippen LogP contribution in [0.15, 0.2) is 21.6 Å². The molecule has 0 atom stereocenters. The van der Waals surface area contributed by atoms with E-state index in [1.54, 1.807) is 24.5 Å². The minimum absolute atomic E-state index is 0.0930. The van der Waals surface area contributed by atoms with Gasteiger partial charge < -0.3 is 5.32 Å². The first kappa shape index (κ1) is 10.8. The van der Waals surface area contributed by atoms with Crippen molar-refractivity contribution in [2.45, 2.75) is 0 Å². The molecule has 0 aliphatic carbocycles. The third-order valence-corrected chi connectivity index (χ3v) is 3.97. The fraction of sp³-hybridized carbons (Fsp3) is 0.111. The molecule has 2 heterocycles. The molecule has 1 fully saturated rings. The zero-order chi connectivity index (χ0) is 11.0. The van der Waals surface area contributed by atoms with Gasteiger partial charge in [0.2, 0.25) is 0 Å². The largest absolute Gasteiger partial charge is 0.328 e. The zero-order valence-corrected chi connectivity index (χ0v) is 11.0. The van der Waals surface area contributed by atoms with Crippen molar-refractivity contribution in [1.29, 1.82) is 0 Å². The van der Waals surface area contributed by atoms with E-state index in [1.807, 2.05) is 11.4 Å². The van der Waals surface area contributed by atoms with Crippen LogP contribution in [0, 0.1) is 0 Å². The van der Waals surface area contributed by atoms with E-state index in [0.717, 1.165) is 9.35 Å². The molecule has 1 aliphatic heterocycles. The molecule has 78 valence electrons. The number of hydrogen-bond donors (Lipinski definition) is 1. The van der Waals surface area contributed by atoms with E-state index < -0.39 is 0 Å². The van der Waals surface area contributed by atoms with Crippen LogP contribution in [0.3, 0.4) is 0 Å². The number of carbonyl (C=O) groups excluding carboxylic acids is 1. The molecule has 3 nitrogen and oxygen atoms in total. The van der Waals surface area contributed by atoms with Gasteiger partial charge in [-0.3, -0.25) is 9.69 Å². The molecule has 2 rings (SSSR count). The molecule has 0 radical (unpaired) electrons. The summed E-state index contributed by atoms with van der Waals surface area (Å²) in [7, 11) is 1.66. The van der Waals surface area contributed by atoms with Crippen molar-refractivity contribution in [3.05, 3.63) is 26.5 Å². The number of carbonyl (C=O) groups is 1. The van der Waals surface area contributed by atoms with Crippen LogP contribution in [0.25, 0.3) is 6.08 Å².